The molecule has 1 N–H and O–H groups in total. The average molecular weight is 569 g/mol. The Balaban J connectivity index is 2.04. The van der Waals surface area contributed by atoms with Crippen LogP contribution in [-0.4, -0.2) is 79.7 Å². The predicted molar refractivity (Wildman–Crippen MR) is 160 cm³/mol. The highest BCUT2D eigenvalue weighted by Gasteiger charge is 2.34. The van der Waals surface area contributed by atoms with Gasteiger partial charge in [0.1, 0.15) is 44.0 Å². The highest BCUT2D eigenvalue weighted by atomic mass is 16.5. The number of likely N-dealkylation sites (N-methyl/N-ethyl adjacent to an activating group) is 1. The summed E-state index contributed by atoms with van der Waals surface area (Å²) in [5, 5.41) is 9.94. The van der Waals surface area contributed by atoms with E-state index < -0.39 is 18.0 Å². The number of quaternary nitrogens is 1. The van der Waals surface area contributed by atoms with Gasteiger partial charge >= 0.3 is 11.9 Å². The number of carbonyl (C=O) groups excluding carboxylic acids is 2. The van der Waals surface area contributed by atoms with Crippen LogP contribution in [0.4, 0.5) is 0 Å². The van der Waals surface area contributed by atoms with E-state index >= 15 is 0 Å². The largest absolute Gasteiger partial charge is 0.491 e. The molecule has 2 aromatic rings. The average Bonchev–Trinajstić information content (AvgIpc) is 3.00. The first kappa shape index (κ1) is 33.6. The van der Waals surface area contributed by atoms with E-state index in [1.165, 1.54) is 6.08 Å². The van der Waals surface area contributed by atoms with Crippen molar-refractivity contribution in [2.45, 2.75) is 52.2 Å². The second-order valence-electron chi connectivity index (χ2n) is 10.4. The normalized spacial score (nSPS) is 13.0. The summed E-state index contributed by atoms with van der Waals surface area (Å²) < 4.78 is 22.9. The molecule has 0 saturated heterocycles. The standard InChI is InChI=1S/C33H46NO7/c1-8-31(36)40-22-27(34(10-3,11-4)12-5)21-38-29-17-13-25(14-18-29)33(6,7)26-15-19-30(20-16-26)39-23-28(35)24-41-32(37)9-2/h8-9,13-20,27-28,35H,1-2,10-12,21-24H2,3-7H3/q+1. The van der Waals surface area contributed by atoms with Crippen LogP contribution in [-0.2, 0) is 24.5 Å². The van der Waals surface area contributed by atoms with E-state index in [1.54, 1.807) is 0 Å². The zero-order chi connectivity index (χ0) is 30.5. The van der Waals surface area contributed by atoms with E-state index in [0.29, 0.717) is 12.4 Å². The van der Waals surface area contributed by atoms with Crippen LogP contribution in [0.5, 0.6) is 11.5 Å². The lowest BCUT2D eigenvalue weighted by atomic mass is 9.78. The molecule has 0 aliphatic carbocycles. The fourth-order valence-corrected chi connectivity index (χ4v) is 4.82. The molecule has 2 aromatic carbocycles. The molecule has 8 nitrogen and oxygen atoms in total. The molecular formula is C33H46NO7+. The van der Waals surface area contributed by atoms with Gasteiger partial charge in [-0.2, -0.15) is 0 Å². The third kappa shape index (κ3) is 9.47. The molecule has 0 heterocycles. The number of rotatable bonds is 18. The van der Waals surface area contributed by atoms with Crippen LogP contribution in [0.15, 0.2) is 73.8 Å². The second-order valence-corrected chi connectivity index (χ2v) is 10.4. The van der Waals surface area contributed by atoms with Gasteiger partial charge in [-0.3, -0.25) is 0 Å². The Morgan fingerprint density at radius 1 is 0.756 bits per heavy atom. The van der Waals surface area contributed by atoms with Crippen molar-refractivity contribution in [2.75, 3.05) is 46.1 Å². The minimum Gasteiger partial charge on any atom is -0.491 e. The summed E-state index contributed by atoms with van der Waals surface area (Å²) in [6.07, 6.45) is 1.30. The Hall–Kier alpha value is -3.62. The van der Waals surface area contributed by atoms with Crippen molar-refractivity contribution in [3.05, 3.63) is 85.0 Å². The molecular weight excluding hydrogens is 522 g/mol. The number of aliphatic hydroxyl groups excluding tert-OH is 1. The molecule has 0 aliphatic heterocycles. The third-order valence-corrected chi connectivity index (χ3v) is 7.87. The van der Waals surface area contributed by atoms with Gasteiger partial charge in [0.2, 0.25) is 0 Å². The molecule has 0 spiro atoms. The number of benzene rings is 2. The molecule has 0 bridgehead atoms. The van der Waals surface area contributed by atoms with Crippen molar-refractivity contribution in [3.63, 3.8) is 0 Å². The third-order valence-electron chi connectivity index (χ3n) is 7.87. The quantitative estimate of drug-likeness (QED) is 0.156. The fraction of sp³-hybridized carbons (Fsp3) is 0.455. The Morgan fingerprint density at radius 2 is 1.17 bits per heavy atom. The second kappa shape index (κ2) is 16.0. The molecule has 0 radical (unpaired) electrons. The van der Waals surface area contributed by atoms with Crippen LogP contribution >= 0.6 is 0 Å². The van der Waals surface area contributed by atoms with Crippen molar-refractivity contribution in [2.24, 2.45) is 0 Å². The van der Waals surface area contributed by atoms with Crippen LogP contribution in [0, 0.1) is 0 Å². The molecule has 0 aromatic heterocycles. The Morgan fingerprint density at radius 3 is 1.59 bits per heavy atom. The van der Waals surface area contributed by atoms with Crippen LogP contribution in [0.2, 0.25) is 0 Å². The first-order valence-electron chi connectivity index (χ1n) is 14.1. The lowest BCUT2D eigenvalue weighted by Crippen LogP contribution is -2.59. The molecule has 8 heteroatoms. The number of carbonyl (C=O) groups is 2. The molecule has 2 rings (SSSR count). The van der Waals surface area contributed by atoms with Gasteiger partial charge in [-0.15, -0.1) is 0 Å². The monoisotopic (exact) mass is 568 g/mol. The molecule has 41 heavy (non-hydrogen) atoms. The Kier molecular flexibility index (Phi) is 13.1. The summed E-state index contributed by atoms with van der Waals surface area (Å²) in [6, 6.07) is 15.8. The van der Waals surface area contributed by atoms with Crippen LogP contribution in [0.1, 0.15) is 45.7 Å². The van der Waals surface area contributed by atoms with Gasteiger partial charge in [0.25, 0.3) is 0 Å². The summed E-state index contributed by atoms with van der Waals surface area (Å²) >= 11 is 0. The molecule has 2 atom stereocenters. The molecule has 0 amide bonds. The van der Waals surface area contributed by atoms with E-state index in [0.717, 1.165) is 47.1 Å². The topological polar surface area (TPSA) is 91.3 Å². The molecule has 0 aliphatic rings. The number of ether oxygens (including phenoxy) is 4. The van der Waals surface area contributed by atoms with Gasteiger partial charge < -0.3 is 28.5 Å². The minimum absolute atomic E-state index is 0.000902. The highest BCUT2D eigenvalue weighted by molar-refractivity contribution is 5.81. The van der Waals surface area contributed by atoms with Crippen LogP contribution in [0.25, 0.3) is 0 Å². The molecule has 0 fully saturated rings. The number of nitrogens with zero attached hydrogens (tertiary/aromatic N) is 1. The van der Waals surface area contributed by atoms with Crippen molar-refractivity contribution in [3.8, 4) is 11.5 Å². The van der Waals surface area contributed by atoms with E-state index in [4.69, 9.17) is 18.9 Å². The maximum atomic E-state index is 11.7. The van der Waals surface area contributed by atoms with E-state index in [-0.39, 0.29) is 31.3 Å². The maximum absolute atomic E-state index is 11.7. The number of hydrogen-bond acceptors (Lipinski definition) is 7. The summed E-state index contributed by atoms with van der Waals surface area (Å²) in [4.78, 5) is 22.9. The lowest BCUT2D eigenvalue weighted by Gasteiger charge is -2.42. The lowest BCUT2D eigenvalue weighted by molar-refractivity contribution is -0.946. The van der Waals surface area contributed by atoms with E-state index in [1.807, 2.05) is 36.4 Å². The van der Waals surface area contributed by atoms with Crippen molar-refractivity contribution in [1.29, 1.82) is 0 Å². The number of esters is 2. The van der Waals surface area contributed by atoms with Crippen molar-refractivity contribution >= 4 is 11.9 Å². The van der Waals surface area contributed by atoms with E-state index in [9.17, 15) is 14.7 Å². The first-order valence-corrected chi connectivity index (χ1v) is 14.1. The summed E-state index contributed by atoms with van der Waals surface area (Å²) in [7, 11) is 0. The summed E-state index contributed by atoms with van der Waals surface area (Å²) in [6.45, 7) is 20.8. The number of hydrogen-bond donors (Lipinski definition) is 1. The Labute approximate surface area is 244 Å². The van der Waals surface area contributed by atoms with Crippen LogP contribution < -0.4 is 9.47 Å². The first-order chi connectivity index (χ1) is 19.5. The zero-order valence-electron chi connectivity index (χ0n) is 25.1. The smallest absolute Gasteiger partial charge is 0.330 e. The van der Waals surface area contributed by atoms with Gasteiger partial charge in [0, 0.05) is 17.6 Å². The van der Waals surface area contributed by atoms with Crippen molar-refractivity contribution < 1.29 is 38.1 Å². The van der Waals surface area contributed by atoms with Gasteiger partial charge in [0.15, 0.2) is 6.04 Å². The fourth-order valence-electron chi connectivity index (χ4n) is 4.82. The maximum Gasteiger partial charge on any atom is 0.330 e. The molecule has 224 valence electrons. The molecule has 0 saturated carbocycles. The predicted octanol–water partition coefficient (Wildman–Crippen LogP) is 4.83. The van der Waals surface area contributed by atoms with Gasteiger partial charge in [-0.25, -0.2) is 9.59 Å². The minimum atomic E-state index is -0.936. The summed E-state index contributed by atoms with van der Waals surface area (Å²) in [5.41, 5.74) is 1.93. The summed E-state index contributed by atoms with van der Waals surface area (Å²) in [5.74, 6) is 0.354. The van der Waals surface area contributed by atoms with Gasteiger partial charge in [-0.1, -0.05) is 51.3 Å². The SMILES string of the molecule is C=CC(=O)OCC(O)COc1ccc(C(C)(C)c2ccc(OCC(COC(=O)C=C)[N+](CC)(CC)CC)cc2)cc1. The number of aliphatic hydroxyl groups is 1. The van der Waals surface area contributed by atoms with Gasteiger partial charge in [0.05, 0.1) is 19.6 Å². The zero-order valence-corrected chi connectivity index (χ0v) is 25.1. The Bertz CT molecular complexity index is 1110. The van der Waals surface area contributed by atoms with E-state index in [2.05, 4.69) is 59.9 Å². The van der Waals surface area contributed by atoms with Crippen LogP contribution in [0.3, 0.4) is 0 Å². The molecule has 2 unspecified atom stereocenters. The van der Waals surface area contributed by atoms with Crippen molar-refractivity contribution in [1.82, 2.24) is 0 Å². The highest BCUT2D eigenvalue weighted by Crippen LogP contribution is 2.33. The van der Waals surface area contributed by atoms with Gasteiger partial charge in [-0.05, 0) is 56.2 Å².